The monoisotopic (exact) mass is 493 g/mol. The first kappa shape index (κ1) is 21.9. The van der Waals surface area contributed by atoms with Crippen molar-refractivity contribution in [1.82, 2.24) is 14.8 Å². The molecule has 3 aliphatic rings. The molecule has 1 spiro atoms. The van der Waals surface area contributed by atoms with E-state index in [1.54, 1.807) is 0 Å². The van der Waals surface area contributed by atoms with Crippen LogP contribution >= 0.6 is 11.6 Å². The predicted octanol–water partition coefficient (Wildman–Crippen LogP) is 3.24. The van der Waals surface area contributed by atoms with E-state index in [-0.39, 0.29) is 35.8 Å². The van der Waals surface area contributed by atoms with Crippen LogP contribution in [0.2, 0.25) is 5.02 Å². The van der Waals surface area contributed by atoms with Crippen molar-refractivity contribution < 1.29 is 19.1 Å². The second kappa shape index (κ2) is 7.42. The lowest BCUT2D eigenvalue weighted by atomic mass is 9.95. The average molecular weight is 494 g/mol. The first-order valence-electron chi connectivity index (χ1n) is 11.4. The summed E-state index contributed by atoms with van der Waals surface area (Å²) in [6, 6.07) is 9.96. The maximum absolute atomic E-state index is 13.5. The highest BCUT2D eigenvalue weighted by molar-refractivity contribution is 6.30. The molecular formula is C26H21ClFN3O4. The average Bonchev–Trinajstić information content (AvgIpc) is 3.34. The number of aromatic hydroxyl groups is 1. The third-order valence-corrected chi connectivity index (χ3v) is 7.74. The molecule has 9 heteroatoms. The summed E-state index contributed by atoms with van der Waals surface area (Å²) >= 11 is 5.87. The van der Waals surface area contributed by atoms with Crippen LogP contribution in [0.15, 0.2) is 41.2 Å². The van der Waals surface area contributed by atoms with Gasteiger partial charge in [-0.2, -0.15) is 0 Å². The van der Waals surface area contributed by atoms with Gasteiger partial charge in [-0.1, -0.05) is 35.9 Å². The number of rotatable bonds is 2. The van der Waals surface area contributed by atoms with Crippen LogP contribution in [0.3, 0.4) is 0 Å². The zero-order chi connectivity index (χ0) is 24.6. The number of aromatic nitrogens is 1. The molecule has 6 rings (SSSR count). The third-order valence-electron chi connectivity index (χ3n) is 7.45. The molecule has 2 aliphatic heterocycles. The van der Waals surface area contributed by atoms with Gasteiger partial charge in [0.25, 0.3) is 17.4 Å². The van der Waals surface area contributed by atoms with Gasteiger partial charge in [0.05, 0.1) is 10.6 Å². The van der Waals surface area contributed by atoms with Gasteiger partial charge in [0, 0.05) is 24.2 Å². The van der Waals surface area contributed by atoms with Gasteiger partial charge in [0.15, 0.2) is 5.75 Å². The van der Waals surface area contributed by atoms with E-state index >= 15 is 0 Å². The molecule has 0 bridgehead atoms. The fraction of sp³-hybridized carbons (Fsp3) is 0.269. The molecule has 1 unspecified atom stereocenters. The fourth-order valence-corrected chi connectivity index (χ4v) is 6.03. The number of amides is 2. The smallest absolute Gasteiger partial charge is 0.296 e. The summed E-state index contributed by atoms with van der Waals surface area (Å²) in [6.07, 6.45) is 1.44. The van der Waals surface area contributed by atoms with E-state index < -0.39 is 34.6 Å². The Labute approximate surface area is 204 Å². The van der Waals surface area contributed by atoms with Crippen LogP contribution in [0.5, 0.6) is 5.75 Å². The molecule has 3 heterocycles. The maximum atomic E-state index is 13.5. The normalized spacial score (nSPS) is 20.1. The molecule has 0 fully saturated rings. The first-order valence-corrected chi connectivity index (χ1v) is 11.8. The molecule has 3 aromatic rings. The van der Waals surface area contributed by atoms with Crippen LogP contribution in [0.1, 0.15) is 55.1 Å². The molecule has 2 amide bonds. The largest absolute Gasteiger partial charge is 0.502 e. The second-order valence-corrected chi connectivity index (χ2v) is 9.74. The number of fused-ring (bicyclic) bond motifs is 6. The van der Waals surface area contributed by atoms with Crippen LogP contribution in [0, 0.1) is 12.7 Å². The second-order valence-electron chi connectivity index (χ2n) is 9.33. The molecular weight excluding hydrogens is 473 g/mol. The minimum Gasteiger partial charge on any atom is -0.502 e. The number of aryl methyl sites for hydroxylation is 1. The van der Waals surface area contributed by atoms with Gasteiger partial charge in [-0.15, -0.1) is 0 Å². The van der Waals surface area contributed by atoms with Gasteiger partial charge in [-0.3, -0.25) is 19.0 Å². The predicted molar refractivity (Wildman–Crippen MR) is 126 cm³/mol. The van der Waals surface area contributed by atoms with Crippen molar-refractivity contribution in [2.75, 3.05) is 6.54 Å². The van der Waals surface area contributed by atoms with Crippen molar-refractivity contribution in [3.63, 3.8) is 0 Å². The number of hydrogen-bond acceptors (Lipinski definition) is 4. The Morgan fingerprint density at radius 1 is 1.14 bits per heavy atom. The minimum absolute atomic E-state index is 0.0553. The molecule has 2 N–H and O–H groups in total. The van der Waals surface area contributed by atoms with Gasteiger partial charge in [-0.05, 0) is 55.0 Å². The number of nitrogens with zero attached hydrogens (tertiary/aromatic N) is 2. The van der Waals surface area contributed by atoms with Crippen molar-refractivity contribution >= 4 is 23.4 Å². The molecule has 2 aromatic carbocycles. The molecule has 1 aromatic heterocycles. The van der Waals surface area contributed by atoms with E-state index in [4.69, 9.17) is 11.6 Å². The lowest BCUT2D eigenvalue weighted by molar-refractivity contribution is 0.0721. The topological polar surface area (TPSA) is 91.6 Å². The number of nitrogens with one attached hydrogen (secondary N) is 1. The number of pyridine rings is 1. The van der Waals surface area contributed by atoms with Crippen molar-refractivity contribution in [3.05, 3.63) is 96.7 Å². The summed E-state index contributed by atoms with van der Waals surface area (Å²) in [5.41, 5.74) is 2.10. The Morgan fingerprint density at radius 3 is 2.71 bits per heavy atom. The summed E-state index contributed by atoms with van der Waals surface area (Å²) in [6.45, 7) is 2.38. The summed E-state index contributed by atoms with van der Waals surface area (Å²) in [7, 11) is 0. The summed E-state index contributed by atoms with van der Waals surface area (Å²) in [4.78, 5) is 41.6. The van der Waals surface area contributed by atoms with Crippen LogP contribution in [0.4, 0.5) is 4.39 Å². The minimum atomic E-state index is -1.08. The molecule has 7 nitrogen and oxygen atoms in total. The number of halogens is 2. The highest BCUT2D eigenvalue weighted by Crippen LogP contribution is 2.44. The highest BCUT2D eigenvalue weighted by atomic mass is 35.5. The van der Waals surface area contributed by atoms with Crippen molar-refractivity contribution in [1.29, 1.82) is 0 Å². The summed E-state index contributed by atoms with van der Waals surface area (Å²) < 4.78 is 14.9. The molecule has 1 aliphatic carbocycles. The van der Waals surface area contributed by atoms with Gasteiger partial charge in [-0.25, -0.2) is 4.39 Å². The zero-order valence-corrected chi connectivity index (χ0v) is 19.6. The SMILES string of the molecule is Cc1cccc2c1CCC21NC(=O)c2c3c(c(O)c(=O)n21)C(=O)N(Cc1ccc(F)c(Cl)c1)CC3. The van der Waals surface area contributed by atoms with Crippen LogP contribution in [-0.2, 0) is 25.0 Å². The van der Waals surface area contributed by atoms with Gasteiger partial charge in [0.2, 0.25) is 0 Å². The molecule has 0 radical (unpaired) electrons. The Morgan fingerprint density at radius 2 is 1.94 bits per heavy atom. The third kappa shape index (κ3) is 2.92. The summed E-state index contributed by atoms with van der Waals surface area (Å²) in [5, 5.41) is 13.9. The Bertz CT molecular complexity index is 1530. The van der Waals surface area contributed by atoms with E-state index in [2.05, 4.69) is 5.32 Å². The van der Waals surface area contributed by atoms with Crippen molar-refractivity contribution in [3.8, 4) is 5.75 Å². The molecule has 1 atom stereocenters. The Balaban J connectivity index is 1.47. The fourth-order valence-electron chi connectivity index (χ4n) is 5.83. The van der Waals surface area contributed by atoms with Crippen molar-refractivity contribution in [2.45, 2.75) is 38.4 Å². The molecule has 0 saturated carbocycles. The first-order chi connectivity index (χ1) is 16.7. The van der Waals surface area contributed by atoms with Crippen LogP contribution in [0.25, 0.3) is 0 Å². The standard InChI is InChI=1S/C26H21ClFN3O4/c1-13-3-2-4-17-15(13)7-9-26(17)29-23(33)21-16-8-10-30(12-14-5-6-19(28)18(27)11-14)24(34)20(16)22(32)25(35)31(21)26/h2-6,11,32H,7-10,12H2,1H3,(H,29,33). The van der Waals surface area contributed by atoms with Gasteiger partial charge < -0.3 is 15.3 Å². The highest BCUT2D eigenvalue weighted by Gasteiger charge is 2.52. The Hall–Kier alpha value is -3.65. The summed E-state index contributed by atoms with van der Waals surface area (Å²) in [5.74, 6) is -2.21. The van der Waals surface area contributed by atoms with E-state index in [1.165, 1.54) is 27.7 Å². The molecule has 35 heavy (non-hydrogen) atoms. The van der Waals surface area contributed by atoms with E-state index in [1.807, 2.05) is 25.1 Å². The number of benzene rings is 2. The molecule has 178 valence electrons. The number of hydrogen-bond donors (Lipinski definition) is 2. The van der Waals surface area contributed by atoms with Crippen LogP contribution in [-0.4, -0.2) is 32.9 Å². The number of carbonyl (C=O) groups is 2. The molecule has 0 saturated heterocycles. The van der Waals surface area contributed by atoms with Crippen molar-refractivity contribution in [2.24, 2.45) is 0 Å². The Kier molecular flexibility index (Phi) is 4.63. The lowest BCUT2D eigenvalue weighted by Crippen LogP contribution is -2.47. The number of carbonyl (C=O) groups excluding carboxylic acids is 2. The quantitative estimate of drug-likeness (QED) is 0.573. The van der Waals surface area contributed by atoms with E-state index in [0.717, 1.165) is 16.7 Å². The van der Waals surface area contributed by atoms with E-state index in [0.29, 0.717) is 24.0 Å². The zero-order valence-electron chi connectivity index (χ0n) is 18.8. The van der Waals surface area contributed by atoms with Gasteiger partial charge >= 0.3 is 0 Å². The van der Waals surface area contributed by atoms with E-state index in [9.17, 15) is 23.9 Å². The maximum Gasteiger partial charge on any atom is 0.296 e. The van der Waals surface area contributed by atoms with Crippen LogP contribution < -0.4 is 10.9 Å². The lowest BCUT2D eigenvalue weighted by Gasteiger charge is -2.32. The van der Waals surface area contributed by atoms with Gasteiger partial charge in [0.1, 0.15) is 17.2 Å².